The molecule has 0 aliphatic rings. The number of azo groups is 1. The molecule has 0 aliphatic carbocycles. The maximum atomic E-state index is 11.6. The molecule has 0 bridgehead atoms. The molecule has 0 heterocycles. The third-order valence-corrected chi connectivity index (χ3v) is 4.76. The van der Waals surface area contributed by atoms with Gasteiger partial charge in [0.15, 0.2) is 5.75 Å². The SMILES string of the molecule is Cc1ccc(N=Nc2c(O)c(C(=O)O)cc3ccccc23)c(S(=O)(=O)O)c1.[Na]. The third-order valence-electron chi connectivity index (χ3n) is 3.88. The Hall–Kier alpha value is -2.30. The molecule has 10 heteroatoms. The van der Waals surface area contributed by atoms with Gasteiger partial charge in [0.1, 0.15) is 21.8 Å². The van der Waals surface area contributed by atoms with Crippen LogP contribution in [0.25, 0.3) is 10.8 Å². The molecule has 0 spiro atoms. The van der Waals surface area contributed by atoms with Crippen LogP contribution in [0.15, 0.2) is 63.7 Å². The number of aromatic hydroxyl groups is 1. The average molecular weight is 409 g/mol. The number of nitrogens with zero attached hydrogens (tertiary/aromatic N) is 2. The third kappa shape index (κ3) is 4.40. The second-order valence-electron chi connectivity index (χ2n) is 5.79. The van der Waals surface area contributed by atoms with E-state index in [1.165, 1.54) is 18.2 Å². The molecule has 3 aromatic carbocycles. The minimum Gasteiger partial charge on any atom is -0.505 e. The van der Waals surface area contributed by atoms with Crippen LogP contribution in [0.2, 0.25) is 0 Å². The van der Waals surface area contributed by atoms with Crippen molar-refractivity contribution < 1.29 is 28.0 Å². The molecule has 139 valence electrons. The molecule has 1 radical (unpaired) electrons. The maximum Gasteiger partial charge on any atom is 0.339 e. The first kappa shape index (κ1) is 22.0. The van der Waals surface area contributed by atoms with Gasteiger partial charge in [-0.05, 0) is 36.1 Å². The first-order valence-corrected chi connectivity index (χ1v) is 9.10. The molecule has 0 amide bonds. The summed E-state index contributed by atoms with van der Waals surface area (Å²) in [6.07, 6.45) is 0. The van der Waals surface area contributed by atoms with Crippen LogP contribution in [0.1, 0.15) is 15.9 Å². The zero-order valence-electron chi connectivity index (χ0n) is 15.0. The number of hydrogen-bond donors (Lipinski definition) is 3. The van der Waals surface area contributed by atoms with E-state index >= 15 is 0 Å². The van der Waals surface area contributed by atoms with Gasteiger partial charge in [-0.25, -0.2) is 4.79 Å². The Balaban J connectivity index is 0.00000280. The summed E-state index contributed by atoms with van der Waals surface area (Å²) in [5.41, 5.74) is -0.0380. The minimum absolute atomic E-state index is 0. The fourth-order valence-corrected chi connectivity index (χ4v) is 3.30. The van der Waals surface area contributed by atoms with Crippen LogP contribution in [-0.4, -0.2) is 58.7 Å². The van der Waals surface area contributed by atoms with Gasteiger partial charge in [0.2, 0.25) is 0 Å². The zero-order chi connectivity index (χ0) is 19.8. The fourth-order valence-electron chi connectivity index (χ4n) is 2.60. The van der Waals surface area contributed by atoms with Crippen LogP contribution in [0.3, 0.4) is 0 Å². The summed E-state index contributed by atoms with van der Waals surface area (Å²) in [6, 6.07) is 12.1. The molecule has 0 fully saturated rings. The summed E-state index contributed by atoms with van der Waals surface area (Å²) in [5, 5.41) is 28.2. The molecular weight excluding hydrogens is 395 g/mol. The van der Waals surface area contributed by atoms with Crippen LogP contribution in [0.5, 0.6) is 5.75 Å². The first-order chi connectivity index (χ1) is 12.7. The predicted molar refractivity (Wildman–Crippen MR) is 103 cm³/mol. The van der Waals surface area contributed by atoms with Gasteiger partial charge in [0, 0.05) is 34.9 Å². The summed E-state index contributed by atoms with van der Waals surface area (Å²) in [7, 11) is -4.54. The van der Waals surface area contributed by atoms with Gasteiger partial charge >= 0.3 is 5.97 Å². The van der Waals surface area contributed by atoms with Gasteiger partial charge < -0.3 is 10.2 Å². The van der Waals surface area contributed by atoms with Crippen LogP contribution in [-0.2, 0) is 10.1 Å². The van der Waals surface area contributed by atoms with Gasteiger partial charge in [-0.2, -0.15) is 8.42 Å². The van der Waals surface area contributed by atoms with Crippen LogP contribution >= 0.6 is 0 Å². The van der Waals surface area contributed by atoms with E-state index in [-0.39, 0.29) is 46.5 Å². The van der Waals surface area contributed by atoms with Crippen molar-refractivity contribution >= 4 is 67.8 Å². The molecule has 0 unspecified atom stereocenters. The molecule has 8 nitrogen and oxygen atoms in total. The number of benzene rings is 3. The second-order valence-corrected chi connectivity index (χ2v) is 7.18. The molecular formula is C18H14N2NaO6S. The van der Waals surface area contributed by atoms with E-state index in [0.717, 1.165) is 0 Å². The Morgan fingerprint density at radius 3 is 2.36 bits per heavy atom. The van der Waals surface area contributed by atoms with Crippen molar-refractivity contribution in [2.75, 3.05) is 0 Å². The molecule has 3 N–H and O–H groups in total. The van der Waals surface area contributed by atoms with Gasteiger partial charge in [-0.15, -0.1) is 10.2 Å². The van der Waals surface area contributed by atoms with E-state index in [0.29, 0.717) is 16.3 Å². The first-order valence-electron chi connectivity index (χ1n) is 7.66. The van der Waals surface area contributed by atoms with E-state index in [1.807, 2.05) is 0 Å². The number of carboxylic acid groups (broad SMARTS) is 1. The quantitative estimate of drug-likeness (QED) is 0.340. The molecule has 0 atom stereocenters. The Labute approximate surface area is 182 Å². The van der Waals surface area contributed by atoms with Gasteiger partial charge in [0.05, 0.1) is 0 Å². The Morgan fingerprint density at radius 1 is 1.04 bits per heavy atom. The van der Waals surface area contributed by atoms with Gasteiger partial charge in [0.25, 0.3) is 10.1 Å². The second kappa shape index (κ2) is 8.38. The summed E-state index contributed by atoms with van der Waals surface area (Å²) in [4.78, 5) is 10.9. The number of phenols is 1. The number of aryl methyl sites for hydroxylation is 1. The van der Waals surface area contributed by atoms with Crippen molar-refractivity contribution in [3.8, 4) is 5.75 Å². The van der Waals surface area contributed by atoms with E-state index in [2.05, 4.69) is 10.2 Å². The predicted octanol–water partition coefficient (Wildman–Crippen LogP) is 3.83. The Kier molecular flexibility index (Phi) is 6.58. The van der Waals surface area contributed by atoms with Crippen molar-refractivity contribution in [1.82, 2.24) is 0 Å². The van der Waals surface area contributed by atoms with Crippen molar-refractivity contribution in [1.29, 1.82) is 0 Å². The maximum absolute atomic E-state index is 11.6. The van der Waals surface area contributed by atoms with Crippen molar-refractivity contribution in [2.45, 2.75) is 11.8 Å². The van der Waals surface area contributed by atoms with Crippen LogP contribution < -0.4 is 0 Å². The van der Waals surface area contributed by atoms with Crippen LogP contribution in [0.4, 0.5) is 11.4 Å². The molecule has 0 saturated heterocycles. The van der Waals surface area contributed by atoms with Crippen molar-refractivity contribution in [3.05, 3.63) is 59.7 Å². The number of carboxylic acids is 1. The molecule has 0 saturated carbocycles. The molecule has 0 aromatic heterocycles. The Bertz CT molecular complexity index is 1210. The standard InChI is InChI=1S/C18H14N2O6S.Na/c1-10-6-7-14(15(8-10)27(24,25)26)19-20-16-12-5-3-2-4-11(12)9-13(17(16)21)18(22)23;/h2-9,21H,1H3,(H,22,23)(H,24,25,26);. The smallest absolute Gasteiger partial charge is 0.339 e. The summed E-state index contributed by atoms with van der Waals surface area (Å²) < 4.78 is 32.5. The number of fused-ring (bicyclic) bond motifs is 1. The molecule has 3 rings (SSSR count). The molecule has 0 aliphatic heterocycles. The van der Waals surface area contributed by atoms with Gasteiger partial charge in [-0.3, -0.25) is 4.55 Å². The molecule has 28 heavy (non-hydrogen) atoms. The van der Waals surface area contributed by atoms with Crippen molar-refractivity contribution in [2.24, 2.45) is 10.2 Å². The summed E-state index contributed by atoms with van der Waals surface area (Å²) >= 11 is 0. The van der Waals surface area contributed by atoms with E-state index < -0.39 is 26.7 Å². The van der Waals surface area contributed by atoms with E-state index in [4.69, 9.17) is 0 Å². The fraction of sp³-hybridized carbons (Fsp3) is 0.0556. The number of aromatic carboxylic acids is 1. The summed E-state index contributed by atoms with van der Waals surface area (Å²) in [6.45, 7) is 1.64. The normalized spacial score (nSPS) is 11.5. The van der Waals surface area contributed by atoms with E-state index in [9.17, 15) is 28.0 Å². The monoisotopic (exact) mass is 409 g/mol. The van der Waals surface area contributed by atoms with E-state index in [1.54, 1.807) is 37.3 Å². The molecule has 3 aromatic rings. The number of carbonyl (C=O) groups is 1. The van der Waals surface area contributed by atoms with Gasteiger partial charge in [-0.1, -0.05) is 30.3 Å². The minimum atomic E-state index is -4.54. The summed E-state index contributed by atoms with van der Waals surface area (Å²) in [5.74, 6) is -1.94. The topological polar surface area (TPSA) is 137 Å². The van der Waals surface area contributed by atoms with Crippen molar-refractivity contribution in [3.63, 3.8) is 0 Å². The number of hydrogen-bond acceptors (Lipinski definition) is 6. The largest absolute Gasteiger partial charge is 0.505 e. The number of rotatable bonds is 4. The van der Waals surface area contributed by atoms with Crippen LogP contribution in [0, 0.1) is 6.92 Å². The average Bonchev–Trinajstić information content (AvgIpc) is 2.60. The zero-order valence-corrected chi connectivity index (χ0v) is 17.8. The Morgan fingerprint density at radius 2 is 1.71 bits per heavy atom.